The van der Waals surface area contributed by atoms with Gasteiger partial charge in [-0.25, -0.2) is 0 Å². The Kier molecular flexibility index (Phi) is 5.24. The Morgan fingerprint density at radius 3 is 2.84 bits per heavy atom. The van der Waals surface area contributed by atoms with Gasteiger partial charge in [0.15, 0.2) is 0 Å². The first-order chi connectivity index (χ1) is 9.18. The molecule has 0 radical (unpaired) electrons. The highest BCUT2D eigenvalue weighted by atomic mass is 15.2. The molecule has 0 amide bonds. The molecule has 1 aliphatic carbocycles. The summed E-state index contributed by atoms with van der Waals surface area (Å²) >= 11 is 0. The number of hydrogen-bond donors (Lipinski definition) is 1. The molecule has 1 heterocycles. The van der Waals surface area contributed by atoms with Crippen molar-refractivity contribution in [3.63, 3.8) is 0 Å². The molecule has 3 nitrogen and oxygen atoms in total. The number of fused-ring (bicyclic) bond motifs is 1. The van der Waals surface area contributed by atoms with E-state index in [0.717, 1.165) is 37.9 Å². The van der Waals surface area contributed by atoms with E-state index in [1.807, 2.05) is 0 Å². The topological polar surface area (TPSA) is 39.1 Å². The first kappa shape index (κ1) is 14.8. The molecule has 1 saturated heterocycles. The highest BCUT2D eigenvalue weighted by Gasteiger charge is 2.36. The SMILES string of the molecule is CCCNC(C)(C#N)CCN1CCC2CCCCC21. The van der Waals surface area contributed by atoms with E-state index in [2.05, 4.69) is 30.1 Å². The number of likely N-dealkylation sites (tertiary alicyclic amines) is 1. The lowest BCUT2D eigenvalue weighted by molar-refractivity contribution is 0.171. The molecule has 19 heavy (non-hydrogen) atoms. The van der Waals surface area contributed by atoms with E-state index in [-0.39, 0.29) is 5.54 Å². The Balaban J connectivity index is 1.82. The minimum atomic E-state index is -0.344. The lowest BCUT2D eigenvalue weighted by Gasteiger charge is -2.33. The number of nitrogens with zero attached hydrogens (tertiary/aromatic N) is 2. The van der Waals surface area contributed by atoms with Gasteiger partial charge < -0.3 is 0 Å². The fourth-order valence-corrected chi connectivity index (χ4v) is 3.73. The molecule has 3 unspecified atom stereocenters. The van der Waals surface area contributed by atoms with Crippen LogP contribution in [0.1, 0.15) is 58.8 Å². The van der Waals surface area contributed by atoms with Gasteiger partial charge in [-0.1, -0.05) is 19.8 Å². The van der Waals surface area contributed by atoms with Gasteiger partial charge in [0.05, 0.1) is 6.07 Å². The zero-order chi connectivity index (χ0) is 13.7. The van der Waals surface area contributed by atoms with E-state index >= 15 is 0 Å². The number of nitrogens with one attached hydrogen (secondary N) is 1. The molecular formula is C16H29N3. The van der Waals surface area contributed by atoms with Crippen molar-refractivity contribution in [2.75, 3.05) is 19.6 Å². The first-order valence-corrected chi connectivity index (χ1v) is 8.09. The second-order valence-electron chi connectivity index (χ2n) is 6.56. The predicted molar refractivity (Wildman–Crippen MR) is 78.9 cm³/mol. The van der Waals surface area contributed by atoms with Gasteiger partial charge in [-0.2, -0.15) is 5.26 Å². The van der Waals surface area contributed by atoms with E-state index in [1.54, 1.807) is 0 Å². The second kappa shape index (κ2) is 6.72. The maximum absolute atomic E-state index is 9.39. The molecule has 2 aliphatic rings. The highest BCUT2D eigenvalue weighted by molar-refractivity contribution is 5.04. The lowest BCUT2D eigenvalue weighted by atomic mass is 9.85. The average Bonchev–Trinajstić information content (AvgIpc) is 2.86. The Bertz CT molecular complexity index is 322. The molecule has 2 fully saturated rings. The van der Waals surface area contributed by atoms with Gasteiger partial charge >= 0.3 is 0 Å². The summed E-state index contributed by atoms with van der Waals surface area (Å²) < 4.78 is 0. The average molecular weight is 263 g/mol. The predicted octanol–water partition coefficient (Wildman–Crippen LogP) is 2.92. The van der Waals surface area contributed by atoms with Crippen LogP contribution in [0.15, 0.2) is 0 Å². The maximum atomic E-state index is 9.39. The molecule has 0 spiro atoms. The van der Waals surface area contributed by atoms with Crippen molar-refractivity contribution in [2.24, 2.45) is 5.92 Å². The largest absolute Gasteiger partial charge is 0.300 e. The van der Waals surface area contributed by atoms with Crippen molar-refractivity contribution in [2.45, 2.75) is 70.4 Å². The van der Waals surface area contributed by atoms with Crippen LogP contribution in [0.3, 0.4) is 0 Å². The number of nitriles is 1. The molecule has 108 valence electrons. The molecule has 0 aromatic rings. The van der Waals surface area contributed by atoms with Crippen LogP contribution in [-0.2, 0) is 0 Å². The first-order valence-electron chi connectivity index (χ1n) is 8.09. The van der Waals surface area contributed by atoms with Crippen LogP contribution in [-0.4, -0.2) is 36.1 Å². The minimum Gasteiger partial charge on any atom is -0.300 e. The number of hydrogen-bond acceptors (Lipinski definition) is 3. The van der Waals surface area contributed by atoms with Gasteiger partial charge in [-0.15, -0.1) is 0 Å². The van der Waals surface area contributed by atoms with Crippen molar-refractivity contribution >= 4 is 0 Å². The molecule has 3 heteroatoms. The molecule has 0 bridgehead atoms. The lowest BCUT2D eigenvalue weighted by Crippen LogP contribution is -2.45. The van der Waals surface area contributed by atoms with Gasteiger partial charge in [0.2, 0.25) is 0 Å². The Labute approximate surface area is 118 Å². The summed E-state index contributed by atoms with van der Waals surface area (Å²) in [5.74, 6) is 0.950. The smallest absolute Gasteiger partial charge is 0.105 e. The van der Waals surface area contributed by atoms with Crippen LogP contribution in [0.5, 0.6) is 0 Å². The fraction of sp³-hybridized carbons (Fsp3) is 0.938. The van der Waals surface area contributed by atoms with Gasteiger partial charge in [-0.3, -0.25) is 10.2 Å². The quantitative estimate of drug-likeness (QED) is 0.801. The summed E-state index contributed by atoms with van der Waals surface area (Å²) in [5.41, 5.74) is -0.344. The third kappa shape index (κ3) is 3.70. The summed E-state index contributed by atoms with van der Waals surface area (Å²) in [4.78, 5) is 2.66. The maximum Gasteiger partial charge on any atom is 0.105 e. The fourth-order valence-electron chi connectivity index (χ4n) is 3.73. The van der Waals surface area contributed by atoms with E-state index in [0.29, 0.717) is 0 Å². The molecule has 0 aromatic heterocycles. The Hall–Kier alpha value is -0.590. The van der Waals surface area contributed by atoms with E-state index < -0.39 is 0 Å². The minimum absolute atomic E-state index is 0.344. The van der Waals surface area contributed by atoms with Crippen molar-refractivity contribution in [1.29, 1.82) is 5.26 Å². The molecule has 2 rings (SSSR count). The van der Waals surface area contributed by atoms with Crippen LogP contribution in [0.25, 0.3) is 0 Å². The van der Waals surface area contributed by atoms with Gasteiger partial charge in [0, 0.05) is 12.6 Å². The Morgan fingerprint density at radius 1 is 1.32 bits per heavy atom. The zero-order valence-electron chi connectivity index (χ0n) is 12.6. The zero-order valence-corrected chi connectivity index (χ0v) is 12.6. The van der Waals surface area contributed by atoms with E-state index in [9.17, 15) is 5.26 Å². The summed E-state index contributed by atoms with van der Waals surface area (Å²) in [7, 11) is 0. The van der Waals surface area contributed by atoms with Crippen LogP contribution >= 0.6 is 0 Å². The van der Waals surface area contributed by atoms with Gasteiger partial charge in [0.1, 0.15) is 5.54 Å². The van der Waals surface area contributed by atoms with Crippen LogP contribution in [0.2, 0.25) is 0 Å². The van der Waals surface area contributed by atoms with E-state index in [4.69, 9.17) is 0 Å². The summed E-state index contributed by atoms with van der Waals surface area (Å²) in [6.07, 6.45) is 9.08. The summed E-state index contributed by atoms with van der Waals surface area (Å²) in [5, 5.41) is 12.8. The van der Waals surface area contributed by atoms with Crippen molar-refractivity contribution in [1.82, 2.24) is 10.2 Å². The molecule has 1 N–H and O–H groups in total. The van der Waals surface area contributed by atoms with Gasteiger partial charge in [0.25, 0.3) is 0 Å². The summed E-state index contributed by atoms with van der Waals surface area (Å²) in [6, 6.07) is 3.29. The van der Waals surface area contributed by atoms with Crippen molar-refractivity contribution in [3.8, 4) is 6.07 Å². The Morgan fingerprint density at radius 2 is 2.11 bits per heavy atom. The second-order valence-corrected chi connectivity index (χ2v) is 6.56. The molecular weight excluding hydrogens is 234 g/mol. The van der Waals surface area contributed by atoms with Crippen molar-refractivity contribution in [3.05, 3.63) is 0 Å². The highest BCUT2D eigenvalue weighted by Crippen LogP contribution is 2.36. The van der Waals surface area contributed by atoms with E-state index in [1.165, 1.54) is 38.6 Å². The van der Waals surface area contributed by atoms with Crippen LogP contribution in [0, 0.1) is 17.2 Å². The molecule has 3 atom stereocenters. The normalized spacial score (nSPS) is 30.6. The third-order valence-corrected chi connectivity index (χ3v) is 5.04. The molecule has 1 saturated carbocycles. The van der Waals surface area contributed by atoms with Crippen LogP contribution in [0.4, 0.5) is 0 Å². The van der Waals surface area contributed by atoms with Gasteiger partial charge in [-0.05, 0) is 58.0 Å². The van der Waals surface area contributed by atoms with Crippen LogP contribution < -0.4 is 5.32 Å². The molecule has 0 aromatic carbocycles. The standard InChI is InChI=1S/C16H29N3/c1-3-10-18-16(2,13-17)9-12-19-11-8-14-6-4-5-7-15(14)19/h14-15,18H,3-12H2,1-2H3. The third-order valence-electron chi connectivity index (χ3n) is 5.04. The molecule has 1 aliphatic heterocycles. The monoisotopic (exact) mass is 263 g/mol. The summed E-state index contributed by atoms with van der Waals surface area (Å²) in [6.45, 7) is 7.48. The number of rotatable bonds is 6. The van der Waals surface area contributed by atoms with Crippen molar-refractivity contribution < 1.29 is 0 Å².